The average Bonchev–Trinajstić information content (AvgIpc) is 3.27. The van der Waals surface area contributed by atoms with Gasteiger partial charge in [-0.05, 0) is 26.0 Å². The van der Waals surface area contributed by atoms with E-state index in [2.05, 4.69) is 15.4 Å². The van der Waals surface area contributed by atoms with Crippen LogP contribution in [0.5, 0.6) is 11.5 Å². The fourth-order valence-electron chi connectivity index (χ4n) is 2.96. The number of anilines is 1. The van der Waals surface area contributed by atoms with Crippen LogP contribution in [0.25, 0.3) is 5.65 Å². The Balaban J connectivity index is 1.47. The van der Waals surface area contributed by atoms with Gasteiger partial charge >= 0.3 is 5.97 Å². The summed E-state index contributed by atoms with van der Waals surface area (Å²) < 4.78 is 17.1. The van der Waals surface area contributed by atoms with Gasteiger partial charge in [0.1, 0.15) is 5.56 Å². The van der Waals surface area contributed by atoms with Crippen molar-refractivity contribution >= 4 is 29.0 Å². The molecule has 0 unspecified atom stereocenters. The summed E-state index contributed by atoms with van der Waals surface area (Å²) in [6, 6.07) is 4.68. The topological polar surface area (TPSA) is 121 Å². The van der Waals surface area contributed by atoms with Gasteiger partial charge in [-0.2, -0.15) is 5.10 Å². The van der Waals surface area contributed by atoms with Crippen molar-refractivity contribution in [2.75, 3.05) is 18.7 Å². The maximum absolute atomic E-state index is 12.4. The van der Waals surface area contributed by atoms with E-state index < -0.39 is 18.5 Å². The lowest BCUT2D eigenvalue weighted by molar-refractivity contribution is -0.119. The number of Topliss-reactive ketones (excluding diaryl/α,β-unsaturated/α-hetero) is 1. The van der Waals surface area contributed by atoms with Crippen molar-refractivity contribution in [2.45, 2.75) is 13.8 Å². The molecule has 0 spiro atoms. The minimum atomic E-state index is -0.719. The van der Waals surface area contributed by atoms with E-state index in [-0.39, 0.29) is 29.4 Å². The molecule has 1 aliphatic heterocycles. The lowest BCUT2D eigenvalue weighted by Crippen LogP contribution is -2.22. The number of ketones is 1. The Morgan fingerprint density at radius 2 is 2.00 bits per heavy atom. The van der Waals surface area contributed by atoms with E-state index in [1.54, 1.807) is 19.2 Å². The SMILES string of the molecule is CC(=O)c1cc2c(cc1NC(=O)COC(=O)c1c(C)nn3cccnc13)OCO2. The number of nitrogens with one attached hydrogen (secondary N) is 1. The molecule has 0 fully saturated rings. The number of ether oxygens (including phenoxy) is 3. The molecule has 0 saturated carbocycles. The third-order valence-electron chi connectivity index (χ3n) is 4.27. The quantitative estimate of drug-likeness (QED) is 0.512. The van der Waals surface area contributed by atoms with Gasteiger partial charge in [0.15, 0.2) is 29.5 Å². The van der Waals surface area contributed by atoms with E-state index in [9.17, 15) is 14.4 Å². The van der Waals surface area contributed by atoms with Crippen LogP contribution < -0.4 is 14.8 Å². The fraction of sp³-hybridized carbons (Fsp3) is 0.211. The number of fused-ring (bicyclic) bond motifs is 2. The molecule has 0 aliphatic carbocycles. The summed E-state index contributed by atoms with van der Waals surface area (Å²) >= 11 is 0. The highest BCUT2D eigenvalue weighted by Crippen LogP contribution is 2.37. The van der Waals surface area contributed by atoms with Crippen molar-refractivity contribution in [2.24, 2.45) is 0 Å². The summed E-state index contributed by atoms with van der Waals surface area (Å²) in [5, 5.41) is 6.75. The summed E-state index contributed by atoms with van der Waals surface area (Å²) in [5.74, 6) is -0.750. The van der Waals surface area contributed by atoms with Crippen molar-refractivity contribution in [1.29, 1.82) is 0 Å². The number of aromatic nitrogens is 3. The third kappa shape index (κ3) is 3.47. The maximum Gasteiger partial charge on any atom is 0.344 e. The Morgan fingerprint density at radius 3 is 2.76 bits per heavy atom. The predicted molar refractivity (Wildman–Crippen MR) is 99.2 cm³/mol. The monoisotopic (exact) mass is 396 g/mol. The van der Waals surface area contributed by atoms with Gasteiger partial charge in [-0.25, -0.2) is 14.3 Å². The number of carbonyl (C=O) groups is 3. The van der Waals surface area contributed by atoms with Gasteiger partial charge in [0, 0.05) is 24.0 Å². The molecule has 1 N–H and O–H groups in total. The highest BCUT2D eigenvalue weighted by atomic mass is 16.7. The van der Waals surface area contributed by atoms with Crippen LogP contribution in [0.2, 0.25) is 0 Å². The first kappa shape index (κ1) is 18.4. The van der Waals surface area contributed by atoms with Crippen LogP contribution in [0, 0.1) is 6.92 Å². The van der Waals surface area contributed by atoms with Crippen molar-refractivity contribution in [1.82, 2.24) is 14.6 Å². The van der Waals surface area contributed by atoms with Gasteiger partial charge in [0.05, 0.1) is 11.4 Å². The van der Waals surface area contributed by atoms with Crippen LogP contribution in [-0.2, 0) is 9.53 Å². The molecule has 0 bridgehead atoms. The largest absolute Gasteiger partial charge is 0.454 e. The number of benzene rings is 1. The first-order chi connectivity index (χ1) is 13.9. The number of nitrogens with zero attached hydrogens (tertiary/aromatic N) is 3. The van der Waals surface area contributed by atoms with Gasteiger partial charge in [-0.1, -0.05) is 0 Å². The second-order valence-corrected chi connectivity index (χ2v) is 6.28. The van der Waals surface area contributed by atoms with Crippen molar-refractivity contribution in [3.8, 4) is 11.5 Å². The van der Waals surface area contributed by atoms with E-state index in [1.807, 2.05) is 0 Å². The number of hydrogen-bond donors (Lipinski definition) is 1. The lowest BCUT2D eigenvalue weighted by atomic mass is 10.1. The Kier molecular flexibility index (Phi) is 4.59. The number of rotatable bonds is 5. The minimum Gasteiger partial charge on any atom is -0.454 e. The van der Waals surface area contributed by atoms with Crippen molar-refractivity contribution < 1.29 is 28.6 Å². The number of esters is 1. The molecule has 1 aliphatic rings. The molecule has 0 atom stereocenters. The van der Waals surface area contributed by atoms with Gasteiger partial charge in [0.2, 0.25) is 6.79 Å². The highest BCUT2D eigenvalue weighted by Gasteiger charge is 2.23. The van der Waals surface area contributed by atoms with E-state index in [0.29, 0.717) is 22.8 Å². The number of amides is 1. The van der Waals surface area contributed by atoms with Crippen LogP contribution in [0.4, 0.5) is 5.69 Å². The second kappa shape index (κ2) is 7.23. The maximum atomic E-state index is 12.4. The van der Waals surface area contributed by atoms with E-state index in [4.69, 9.17) is 14.2 Å². The number of carbonyl (C=O) groups excluding carboxylic acids is 3. The Morgan fingerprint density at radius 1 is 1.24 bits per heavy atom. The Labute approximate surface area is 164 Å². The van der Waals surface area contributed by atoms with Crippen LogP contribution >= 0.6 is 0 Å². The van der Waals surface area contributed by atoms with Gasteiger partial charge in [0.25, 0.3) is 5.91 Å². The van der Waals surface area contributed by atoms with Crippen molar-refractivity contribution in [3.63, 3.8) is 0 Å². The first-order valence-corrected chi connectivity index (χ1v) is 8.65. The summed E-state index contributed by atoms with van der Waals surface area (Å²) in [5.41, 5.74) is 1.47. The zero-order chi connectivity index (χ0) is 20.5. The van der Waals surface area contributed by atoms with E-state index >= 15 is 0 Å². The predicted octanol–water partition coefficient (Wildman–Crippen LogP) is 1.76. The molecular formula is C19H16N4O6. The molecule has 148 valence electrons. The molecular weight excluding hydrogens is 380 g/mol. The average molecular weight is 396 g/mol. The molecule has 0 radical (unpaired) electrons. The zero-order valence-electron chi connectivity index (χ0n) is 15.6. The number of hydrogen-bond acceptors (Lipinski definition) is 8. The van der Waals surface area contributed by atoms with Gasteiger partial charge < -0.3 is 19.5 Å². The second-order valence-electron chi connectivity index (χ2n) is 6.28. The standard InChI is InChI=1S/C19H16N4O6/c1-10-17(18-20-4-3-5-23(18)22-10)19(26)27-8-16(25)21-13-7-15-14(28-9-29-15)6-12(13)11(2)24/h3-7H,8-9H2,1-2H3,(H,21,25). The molecule has 2 aromatic heterocycles. The van der Waals surface area contributed by atoms with E-state index in [0.717, 1.165) is 0 Å². The molecule has 0 saturated heterocycles. The summed E-state index contributed by atoms with van der Waals surface area (Å²) in [4.78, 5) is 40.7. The smallest absolute Gasteiger partial charge is 0.344 e. The van der Waals surface area contributed by atoms with Crippen molar-refractivity contribution in [3.05, 3.63) is 47.4 Å². The molecule has 10 heteroatoms. The summed E-state index contributed by atoms with van der Waals surface area (Å²) in [6.07, 6.45) is 3.19. The molecule has 1 amide bonds. The highest BCUT2D eigenvalue weighted by molar-refractivity contribution is 6.05. The molecule has 3 heterocycles. The summed E-state index contributed by atoms with van der Waals surface area (Å²) in [6.45, 7) is 2.51. The summed E-state index contributed by atoms with van der Waals surface area (Å²) in [7, 11) is 0. The van der Waals surface area contributed by atoms with Crippen LogP contribution in [-0.4, -0.2) is 45.7 Å². The van der Waals surface area contributed by atoms with Crippen LogP contribution in [0.15, 0.2) is 30.6 Å². The normalized spacial score (nSPS) is 12.1. The zero-order valence-corrected chi connectivity index (χ0v) is 15.6. The number of aryl methyl sites for hydroxylation is 1. The van der Waals surface area contributed by atoms with E-state index in [1.165, 1.54) is 29.8 Å². The third-order valence-corrected chi connectivity index (χ3v) is 4.27. The van der Waals surface area contributed by atoms with Crippen LogP contribution in [0.1, 0.15) is 33.3 Å². The molecule has 3 aromatic rings. The van der Waals surface area contributed by atoms with Gasteiger partial charge in [-0.3, -0.25) is 9.59 Å². The van der Waals surface area contributed by atoms with Crippen LogP contribution in [0.3, 0.4) is 0 Å². The molecule has 10 nitrogen and oxygen atoms in total. The molecule has 1 aromatic carbocycles. The lowest BCUT2D eigenvalue weighted by Gasteiger charge is -2.11. The fourth-order valence-corrected chi connectivity index (χ4v) is 2.96. The molecule has 29 heavy (non-hydrogen) atoms. The first-order valence-electron chi connectivity index (χ1n) is 8.65. The minimum absolute atomic E-state index is 0.0364. The molecule has 4 rings (SSSR count). The van der Waals surface area contributed by atoms with Gasteiger partial charge in [-0.15, -0.1) is 0 Å². The Hall–Kier alpha value is -3.95. The Bertz CT molecular complexity index is 1150.